The van der Waals surface area contributed by atoms with Crippen molar-refractivity contribution in [2.24, 2.45) is 0 Å². The standard InChI is InChI=1S/C12H15N3O/c1-9-5-6-11-10(14-9)8-13-15(11)12-4-2-3-7-16-12/h5-6,8,12H,2-4,7H2,1H3. The molecule has 2 aromatic heterocycles. The maximum absolute atomic E-state index is 5.73. The predicted molar refractivity (Wildman–Crippen MR) is 61.1 cm³/mol. The number of rotatable bonds is 1. The lowest BCUT2D eigenvalue weighted by Crippen LogP contribution is -2.18. The van der Waals surface area contributed by atoms with Gasteiger partial charge in [-0.1, -0.05) is 0 Å². The highest BCUT2D eigenvalue weighted by Crippen LogP contribution is 2.25. The van der Waals surface area contributed by atoms with Gasteiger partial charge in [-0.2, -0.15) is 5.10 Å². The quantitative estimate of drug-likeness (QED) is 0.736. The summed E-state index contributed by atoms with van der Waals surface area (Å²) in [6.45, 7) is 2.83. The second kappa shape index (κ2) is 3.87. The van der Waals surface area contributed by atoms with E-state index in [0.29, 0.717) is 0 Å². The third-order valence-corrected chi connectivity index (χ3v) is 3.02. The van der Waals surface area contributed by atoms with Crippen molar-refractivity contribution >= 4 is 11.0 Å². The van der Waals surface area contributed by atoms with Crippen LogP contribution in [-0.2, 0) is 4.74 Å². The Morgan fingerprint density at radius 3 is 3.12 bits per heavy atom. The maximum atomic E-state index is 5.73. The minimum Gasteiger partial charge on any atom is -0.356 e. The normalized spacial score (nSPS) is 21.4. The van der Waals surface area contributed by atoms with E-state index in [9.17, 15) is 0 Å². The van der Waals surface area contributed by atoms with Crippen molar-refractivity contribution < 1.29 is 4.74 Å². The molecular weight excluding hydrogens is 202 g/mol. The van der Waals surface area contributed by atoms with Crippen molar-refractivity contribution in [2.45, 2.75) is 32.4 Å². The fourth-order valence-electron chi connectivity index (χ4n) is 2.18. The monoisotopic (exact) mass is 217 g/mol. The Hall–Kier alpha value is -1.42. The van der Waals surface area contributed by atoms with Gasteiger partial charge in [-0.15, -0.1) is 0 Å². The van der Waals surface area contributed by atoms with Crippen LogP contribution in [0.3, 0.4) is 0 Å². The Labute approximate surface area is 94.2 Å². The van der Waals surface area contributed by atoms with Gasteiger partial charge in [0.25, 0.3) is 0 Å². The molecule has 1 aliphatic rings. The molecule has 4 nitrogen and oxygen atoms in total. The van der Waals surface area contributed by atoms with Gasteiger partial charge < -0.3 is 4.74 Å². The van der Waals surface area contributed by atoms with Gasteiger partial charge in [0, 0.05) is 12.3 Å². The van der Waals surface area contributed by atoms with Crippen molar-refractivity contribution in [1.82, 2.24) is 14.8 Å². The minimum absolute atomic E-state index is 0.0933. The van der Waals surface area contributed by atoms with E-state index in [1.165, 1.54) is 6.42 Å². The molecule has 84 valence electrons. The molecule has 0 radical (unpaired) electrons. The molecule has 0 spiro atoms. The first-order valence-corrected chi connectivity index (χ1v) is 5.77. The Morgan fingerprint density at radius 2 is 2.31 bits per heavy atom. The molecule has 1 saturated heterocycles. The van der Waals surface area contributed by atoms with E-state index in [1.807, 2.05) is 23.9 Å². The topological polar surface area (TPSA) is 39.9 Å². The number of nitrogens with zero attached hydrogens (tertiary/aromatic N) is 3. The molecule has 0 bridgehead atoms. The van der Waals surface area contributed by atoms with E-state index >= 15 is 0 Å². The van der Waals surface area contributed by atoms with E-state index in [-0.39, 0.29) is 6.23 Å². The van der Waals surface area contributed by atoms with Crippen molar-refractivity contribution in [3.8, 4) is 0 Å². The molecule has 1 unspecified atom stereocenters. The first-order valence-electron chi connectivity index (χ1n) is 5.77. The van der Waals surface area contributed by atoms with Crippen molar-refractivity contribution in [2.75, 3.05) is 6.61 Å². The zero-order valence-corrected chi connectivity index (χ0v) is 9.39. The number of pyridine rings is 1. The van der Waals surface area contributed by atoms with Gasteiger partial charge in [0.1, 0.15) is 5.52 Å². The summed E-state index contributed by atoms with van der Waals surface area (Å²) >= 11 is 0. The number of hydrogen-bond acceptors (Lipinski definition) is 3. The van der Waals surface area contributed by atoms with Crippen LogP contribution in [0.5, 0.6) is 0 Å². The molecule has 4 heteroatoms. The third-order valence-electron chi connectivity index (χ3n) is 3.02. The highest BCUT2D eigenvalue weighted by molar-refractivity contribution is 5.74. The SMILES string of the molecule is Cc1ccc2c(cnn2C2CCCCO2)n1. The number of fused-ring (bicyclic) bond motifs is 1. The molecule has 0 N–H and O–H groups in total. The lowest BCUT2D eigenvalue weighted by Gasteiger charge is -2.23. The van der Waals surface area contributed by atoms with Crippen LogP contribution in [-0.4, -0.2) is 21.4 Å². The van der Waals surface area contributed by atoms with Gasteiger partial charge in [0.05, 0.1) is 11.7 Å². The molecule has 0 amide bonds. The highest BCUT2D eigenvalue weighted by atomic mass is 16.5. The van der Waals surface area contributed by atoms with Gasteiger partial charge in [-0.25, -0.2) is 9.67 Å². The molecule has 0 aromatic carbocycles. The number of aryl methyl sites for hydroxylation is 1. The summed E-state index contributed by atoms with van der Waals surface area (Å²) in [5.74, 6) is 0. The Morgan fingerprint density at radius 1 is 1.38 bits per heavy atom. The average molecular weight is 217 g/mol. The Bertz CT molecular complexity index is 500. The van der Waals surface area contributed by atoms with Gasteiger partial charge >= 0.3 is 0 Å². The maximum Gasteiger partial charge on any atom is 0.150 e. The van der Waals surface area contributed by atoms with Crippen LogP contribution in [0.15, 0.2) is 18.3 Å². The van der Waals surface area contributed by atoms with Crippen LogP contribution in [0.2, 0.25) is 0 Å². The molecule has 16 heavy (non-hydrogen) atoms. The highest BCUT2D eigenvalue weighted by Gasteiger charge is 2.18. The largest absolute Gasteiger partial charge is 0.356 e. The van der Waals surface area contributed by atoms with E-state index in [4.69, 9.17) is 4.74 Å². The predicted octanol–water partition coefficient (Wildman–Crippen LogP) is 2.44. The van der Waals surface area contributed by atoms with Crippen molar-refractivity contribution in [1.29, 1.82) is 0 Å². The first kappa shape index (κ1) is 9.78. The molecular formula is C12H15N3O. The third kappa shape index (κ3) is 1.59. The summed E-state index contributed by atoms with van der Waals surface area (Å²) in [7, 11) is 0. The van der Waals surface area contributed by atoms with Crippen LogP contribution < -0.4 is 0 Å². The van der Waals surface area contributed by atoms with Gasteiger partial charge in [-0.05, 0) is 38.3 Å². The summed E-state index contributed by atoms with van der Waals surface area (Å²) in [6, 6.07) is 4.09. The van der Waals surface area contributed by atoms with E-state index in [0.717, 1.165) is 36.2 Å². The molecule has 1 fully saturated rings. The smallest absolute Gasteiger partial charge is 0.150 e. The number of ether oxygens (including phenoxy) is 1. The van der Waals surface area contributed by atoms with Gasteiger partial charge in [0.15, 0.2) is 6.23 Å². The second-order valence-electron chi connectivity index (χ2n) is 4.27. The minimum atomic E-state index is 0.0933. The second-order valence-corrected chi connectivity index (χ2v) is 4.27. The first-order chi connectivity index (χ1) is 7.84. The number of hydrogen-bond donors (Lipinski definition) is 0. The van der Waals surface area contributed by atoms with Crippen LogP contribution in [0.4, 0.5) is 0 Å². The van der Waals surface area contributed by atoms with E-state index in [2.05, 4.69) is 16.1 Å². The molecule has 1 atom stereocenters. The fraction of sp³-hybridized carbons (Fsp3) is 0.500. The molecule has 2 aromatic rings. The zero-order chi connectivity index (χ0) is 11.0. The van der Waals surface area contributed by atoms with E-state index in [1.54, 1.807) is 0 Å². The molecule has 0 saturated carbocycles. The zero-order valence-electron chi connectivity index (χ0n) is 9.39. The number of aromatic nitrogens is 3. The van der Waals surface area contributed by atoms with Gasteiger partial charge in [0.2, 0.25) is 0 Å². The molecule has 3 heterocycles. The summed E-state index contributed by atoms with van der Waals surface area (Å²) in [6.07, 6.45) is 5.33. The molecule has 3 rings (SSSR count). The van der Waals surface area contributed by atoms with Crippen molar-refractivity contribution in [3.63, 3.8) is 0 Å². The lowest BCUT2D eigenvalue weighted by atomic mass is 10.2. The average Bonchev–Trinajstić information content (AvgIpc) is 2.73. The van der Waals surface area contributed by atoms with Crippen LogP contribution in [0.25, 0.3) is 11.0 Å². The van der Waals surface area contributed by atoms with Gasteiger partial charge in [-0.3, -0.25) is 0 Å². The summed E-state index contributed by atoms with van der Waals surface area (Å²) in [4.78, 5) is 4.45. The lowest BCUT2D eigenvalue weighted by molar-refractivity contribution is -0.0366. The van der Waals surface area contributed by atoms with Crippen molar-refractivity contribution in [3.05, 3.63) is 24.0 Å². The summed E-state index contributed by atoms with van der Waals surface area (Å²) in [5.41, 5.74) is 3.04. The van der Waals surface area contributed by atoms with Crippen LogP contribution in [0.1, 0.15) is 31.2 Å². The van der Waals surface area contributed by atoms with E-state index < -0.39 is 0 Å². The summed E-state index contributed by atoms with van der Waals surface area (Å²) in [5, 5.41) is 4.39. The fourth-order valence-corrected chi connectivity index (χ4v) is 2.18. The Balaban J connectivity index is 2.03. The summed E-state index contributed by atoms with van der Waals surface area (Å²) < 4.78 is 7.69. The molecule has 1 aliphatic heterocycles. The van der Waals surface area contributed by atoms with Crippen LogP contribution in [0, 0.1) is 6.92 Å². The van der Waals surface area contributed by atoms with Crippen LogP contribution >= 0.6 is 0 Å². The Kier molecular flexibility index (Phi) is 2.36. The molecule has 0 aliphatic carbocycles.